The molecule has 2 aromatic carbocycles. The van der Waals surface area contributed by atoms with E-state index in [-0.39, 0.29) is 29.9 Å². The van der Waals surface area contributed by atoms with Gasteiger partial charge in [-0.15, -0.1) is 0 Å². The Morgan fingerprint density at radius 1 is 1.04 bits per heavy atom. The normalized spacial score (nSPS) is 12.8. The van der Waals surface area contributed by atoms with Gasteiger partial charge in [-0.05, 0) is 48.9 Å². The van der Waals surface area contributed by atoms with Crippen molar-refractivity contribution in [3.8, 4) is 0 Å². The molecule has 1 N–H and O–H groups in total. The number of halogens is 2. The molecule has 0 aliphatic heterocycles. The van der Waals surface area contributed by atoms with Crippen LogP contribution < -0.4 is 5.32 Å². The summed E-state index contributed by atoms with van der Waals surface area (Å²) in [7, 11) is -3.72. The number of likely N-dealkylation sites (N-methyl/N-ethyl adjacent to an activating group) is 1. The molecular weight excluding hydrogens is 484 g/mol. The average Bonchev–Trinajstić information content (AvgIpc) is 2.60. The standard InChI is InChI=1S/C18H20Br2N2O3S/c1-3-22(26(24,25)17-10-8-16(20)9-11-17)12-18(23)21-13(2)14-4-6-15(19)7-5-14/h4-11,13H,3,12H2,1-2H3,(H,21,23). The zero-order chi connectivity index (χ0) is 19.3. The first-order valence-electron chi connectivity index (χ1n) is 8.04. The van der Waals surface area contributed by atoms with E-state index in [1.807, 2.05) is 31.2 Å². The predicted molar refractivity (Wildman–Crippen MR) is 109 cm³/mol. The Morgan fingerprint density at radius 2 is 1.54 bits per heavy atom. The van der Waals surface area contributed by atoms with Gasteiger partial charge in [-0.2, -0.15) is 4.31 Å². The number of rotatable bonds is 7. The molecule has 2 rings (SSSR count). The average molecular weight is 504 g/mol. The first-order chi connectivity index (χ1) is 12.2. The molecule has 0 aromatic heterocycles. The van der Waals surface area contributed by atoms with Crippen LogP contribution >= 0.6 is 31.9 Å². The van der Waals surface area contributed by atoms with Gasteiger partial charge >= 0.3 is 0 Å². The SMILES string of the molecule is CCN(CC(=O)NC(C)c1ccc(Br)cc1)S(=O)(=O)c1ccc(Br)cc1. The van der Waals surface area contributed by atoms with Gasteiger partial charge in [0.25, 0.3) is 0 Å². The second kappa shape index (κ2) is 9.12. The third kappa shape index (κ3) is 5.39. The highest BCUT2D eigenvalue weighted by Gasteiger charge is 2.25. The number of sulfonamides is 1. The summed E-state index contributed by atoms with van der Waals surface area (Å²) in [6.45, 7) is 3.55. The molecule has 0 saturated carbocycles. The van der Waals surface area contributed by atoms with Crippen molar-refractivity contribution in [1.29, 1.82) is 0 Å². The molecule has 0 spiro atoms. The van der Waals surface area contributed by atoms with E-state index in [1.165, 1.54) is 16.4 Å². The van der Waals surface area contributed by atoms with E-state index in [9.17, 15) is 13.2 Å². The topological polar surface area (TPSA) is 66.5 Å². The lowest BCUT2D eigenvalue weighted by atomic mass is 10.1. The summed E-state index contributed by atoms with van der Waals surface area (Å²) in [5.74, 6) is -0.344. The van der Waals surface area contributed by atoms with Crippen LogP contribution in [0.25, 0.3) is 0 Å². The molecule has 0 saturated heterocycles. The number of benzene rings is 2. The van der Waals surface area contributed by atoms with Gasteiger partial charge in [0.1, 0.15) is 0 Å². The predicted octanol–water partition coefficient (Wildman–Crippen LogP) is 4.10. The highest BCUT2D eigenvalue weighted by Crippen LogP contribution is 2.19. The Labute approximate surface area is 171 Å². The number of carbonyl (C=O) groups excluding carboxylic acids is 1. The van der Waals surface area contributed by atoms with Gasteiger partial charge in [-0.25, -0.2) is 8.42 Å². The summed E-state index contributed by atoms with van der Waals surface area (Å²) in [4.78, 5) is 12.5. The first kappa shape index (κ1) is 21.1. The lowest BCUT2D eigenvalue weighted by molar-refractivity contribution is -0.121. The maximum atomic E-state index is 12.7. The highest BCUT2D eigenvalue weighted by molar-refractivity contribution is 9.10. The van der Waals surface area contributed by atoms with E-state index < -0.39 is 10.0 Å². The summed E-state index contributed by atoms with van der Waals surface area (Å²) >= 11 is 6.66. The van der Waals surface area contributed by atoms with Crippen molar-refractivity contribution in [1.82, 2.24) is 9.62 Å². The largest absolute Gasteiger partial charge is 0.348 e. The molecule has 0 bridgehead atoms. The Hall–Kier alpha value is -1.22. The zero-order valence-electron chi connectivity index (χ0n) is 14.4. The van der Waals surface area contributed by atoms with Gasteiger partial charge < -0.3 is 5.32 Å². The van der Waals surface area contributed by atoms with Gasteiger partial charge in [0.15, 0.2) is 0 Å². The fourth-order valence-electron chi connectivity index (χ4n) is 2.40. The van der Waals surface area contributed by atoms with Crippen LogP contribution in [0.2, 0.25) is 0 Å². The lowest BCUT2D eigenvalue weighted by Crippen LogP contribution is -2.41. The Balaban J connectivity index is 2.07. The van der Waals surface area contributed by atoms with Gasteiger partial charge in [-0.3, -0.25) is 4.79 Å². The second-order valence-electron chi connectivity index (χ2n) is 5.73. The van der Waals surface area contributed by atoms with Crippen LogP contribution in [0.3, 0.4) is 0 Å². The summed E-state index contributed by atoms with van der Waals surface area (Å²) in [5.41, 5.74) is 0.945. The monoisotopic (exact) mass is 502 g/mol. The van der Waals surface area contributed by atoms with Crippen molar-refractivity contribution >= 4 is 47.8 Å². The smallest absolute Gasteiger partial charge is 0.243 e. The van der Waals surface area contributed by atoms with E-state index >= 15 is 0 Å². The van der Waals surface area contributed by atoms with Crippen LogP contribution in [0.15, 0.2) is 62.4 Å². The fraction of sp³-hybridized carbons (Fsp3) is 0.278. The van der Waals surface area contributed by atoms with E-state index in [1.54, 1.807) is 19.1 Å². The maximum Gasteiger partial charge on any atom is 0.243 e. The summed E-state index contributed by atoms with van der Waals surface area (Å²) in [5, 5.41) is 2.85. The molecule has 5 nitrogen and oxygen atoms in total. The summed E-state index contributed by atoms with van der Waals surface area (Å²) in [6, 6.07) is 13.8. The molecule has 8 heteroatoms. The lowest BCUT2D eigenvalue weighted by Gasteiger charge is -2.22. The van der Waals surface area contributed by atoms with Crippen LogP contribution in [-0.2, 0) is 14.8 Å². The first-order valence-corrected chi connectivity index (χ1v) is 11.1. The van der Waals surface area contributed by atoms with Crippen LogP contribution in [0.5, 0.6) is 0 Å². The summed E-state index contributed by atoms with van der Waals surface area (Å²) in [6.07, 6.45) is 0. The second-order valence-corrected chi connectivity index (χ2v) is 9.50. The van der Waals surface area contributed by atoms with Gasteiger partial charge in [0.2, 0.25) is 15.9 Å². The van der Waals surface area contributed by atoms with Crippen molar-refractivity contribution < 1.29 is 13.2 Å². The van der Waals surface area contributed by atoms with Crippen LogP contribution in [0.1, 0.15) is 25.5 Å². The molecular formula is C18H20Br2N2O3S. The molecule has 0 aliphatic carbocycles. The molecule has 1 unspecified atom stereocenters. The third-order valence-electron chi connectivity index (χ3n) is 3.87. The molecule has 0 fully saturated rings. The summed E-state index contributed by atoms with van der Waals surface area (Å²) < 4.78 is 28.4. The molecule has 140 valence electrons. The minimum atomic E-state index is -3.72. The Kier molecular flexibility index (Phi) is 7.40. The Morgan fingerprint density at radius 3 is 2.04 bits per heavy atom. The molecule has 0 radical (unpaired) electrons. The molecule has 1 amide bonds. The van der Waals surface area contributed by atoms with E-state index in [0.717, 1.165) is 14.5 Å². The third-order valence-corrected chi connectivity index (χ3v) is 6.86. The number of hydrogen-bond donors (Lipinski definition) is 1. The van der Waals surface area contributed by atoms with Gasteiger partial charge in [-0.1, -0.05) is 50.9 Å². The minimum absolute atomic E-state index is 0.163. The number of nitrogens with one attached hydrogen (secondary N) is 1. The van der Waals surface area contributed by atoms with E-state index in [2.05, 4.69) is 37.2 Å². The minimum Gasteiger partial charge on any atom is -0.348 e. The van der Waals surface area contributed by atoms with Crippen molar-refractivity contribution in [2.75, 3.05) is 13.1 Å². The van der Waals surface area contributed by atoms with Gasteiger partial charge in [0.05, 0.1) is 17.5 Å². The van der Waals surface area contributed by atoms with Crippen LogP contribution in [0.4, 0.5) is 0 Å². The molecule has 0 aliphatic rings. The number of carbonyl (C=O) groups is 1. The van der Waals surface area contributed by atoms with Crippen LogP contribution in [-0.4, -0.2) is 31.7 Å². The van der Waals surface area contributed by atoms with Crippen molar-refractivity contribution in [3.63, 3.8) is 0 Å². The molecule has 26 heavy (non-hydrogen) atoms. The quantitative estimate of drug-likeness (QED) is 0.618. The molecule has 1 atom stereocenters. The molecule has 2 aromatic rings. The van der Waals surface area contributed by atoms with Crippen molar-refractivity contribution in [2.24, 2.45) is 0 Å². The van der Waals surface area contributed by atoms with E-state index in [0.29, 0.717) is 0 Å². The maximum absolute atomic E-state index is 12.7. The van der Waals surface area contributed by atoms with Crippen molar-refractivity contribution in [3.05, 3.63) is 63.0 Å². The number of nitrogens with zero attached hydrogens (tertiary/aromatic N) is 1. The number of amides is 1. The highest BCUT2D eigenvalue weighted by atomic mass is 79.9. The van der Waals surface area contributed by atoms with Crippen molar-refractivity contribution in [2.45, 2.75) is 24.8 Å². The van der Waals surface area contributed by atoms with Crippen LogP contribution in [0, 0.1) is 0 Å². The molecule has 0 heterocycles. The fourth-order valence-corrected chi connectivity index (χ4v) is 4.34. The number of hydrogen-bond acceptors (Lipinski definition) is 3. The Bertz CT molecular complexity index is 853. The van der Waals surface area contributed by atoms with Gasteiger partial charge in [0, 0.05) is 15.5 Å². The zero-order valence-corrected chi connectivity index (χ0v) is 18.4. The van der Waals surface area contributed by atoms with E-state index in [4.69, 9.17) is 0 Å².